The van der Waals surface area contributed by atoms with Gasteiger partial charge in [-0.3, -0.25) is 4.79 Å². The van der Waals surface area contributed by atoms with E-state index in [0.29, 0.717) is 17.9 Å². The molecule has 0 aliphatic heterocycles. The number of aryl methyl sites for hydroxylation is 1. The van der Waals surface area contributed by atoms with Crippen molar-refractivity contribution in [3.8, 4) is 5.75 Å². The van der Waals surface area contributed by atoms with Crippen molar-refractivity contribution >= 4 is 16.7 Å². The third-order valence-electron chi connectivity index (χ3n) is 3.97. The Morgan fingerprint density at radius 3 is 2.57 bits per heavy atom. The molecule has 3 aromatic rings. The molecule has 4 heteroatoms. The van der Waals surface area contributed by atoms with E-state index in [1.54, 1.807) is 38.3 Å². The maximum absolute atomic E-state index is 12.4. The van der Waals surface area contributed by atoms with Crippen LogP contribution in [0, 0.1) is 6.92 Å². The molecule has 23 heavy (non-hydrogen) atoms. The van der Waals surface area contributed by atoms with Crippen molar-refractivity contribution in [1.82, 2.24) is 4.90 Å². The van der Waals surface area contributed by atoms with Gasteiger partial charge in [-0.25, -0.2) is 0 Å². The minimum absolute atomic E-state index is 0.0360. The molecule has 0 radical (unpaired) electrons. The van der Waals surface area contributed by atoms with Gasteiger partial charge in [-0.05, 0) is 47.5 Å². The van der Waals surface area contributed by atoms with Gasteiger partial charge < -0.3 is 14.1 Å². The van der Waals surface area contributed by atoms with Gasteiger partial charge in [0, 0.05) is 13.6 Å². The van der Waals surface area contributed by atoms with Crippen LogP contribution < -0.4 is 4.74 Å². The summed E-state index contributed by atoms with van der Waals surface area (Å²) in [6.07, 6.45) is 1.54. The molecule has 0 N–H and O–H groups in total. The third-order valence-corrected chi connectivity index (χ3v) is 3.97. The van der Waals surface area contributed by atoms with Crippen molar-refractivity contribution in [2.75, 3.05) is 14.2 Å². The van der Waals surface area contributed by atoms with Crippen molar-refractivity contribution < 1.29 is 13.9 Å². The molecular weight excluding hydrogens is 290 g/mol. The smallest absolute Gasteiger partial charge is 0.257 e. The molecule has 0 spiro atoms. The second-order valence-corrected chi connectivity index (χ2v) is 5.60. The van der Waals surface area contributed by atoms with Gasteiger partial charge >= 0.3 is 0 Å². The van der Waals surface area contributed by atoms with Gasteiger partial charge in [-0.1, -0.05) is 18.2 Å². The lowest BCUT2D eigenvalue weighted by Crippen LogP contribution is -2.26. The van der Waals surface area contributed by atoms with Gasteiger partial charge in [0.25, 0.3) is 5.91 Å². The molecule has 118 valence electrons. The predicted octanol–water partition coefficient (Wildman–Crippen LogP) is 4.02. The number of ether oxygens (including phenoxy) is 1. The first kappa shape index (κ1) is 15.2. The molecule has 0 aliphatic rings. The molecule has 0 saturated carbocycles. The van der Waals surface area contributed by atoms with Gasteiger partial charge in [0.05, 0.1) is 18.9 Å². The predicted molar refractivity (Wildman–Crippen MR) is 89.7 cm³/mol. The number of rotatable bonds is 4. The highest BCUT2D eigenvalue weighted by Gasteiger charge is 2.16. The SMILES string of the molecule is COc1ccc2cc(CN(C)C(=O)c3ccoc3C)ccc2c1. The topological polar surface area (TPSA) is 42.7 Å². The van der Waals surface area contributed by atoms with Crippen LogP contribution in [-0.4, -0.2) is 25.0 Å². The zero-order valence-corrected chi connectivity index (χ0v) is 13.5. The summed E-state index contributed by atoms with van der Waals surface area (Å²) in [7, 11) is 3.46. The molecule has 1 heterocycles. The Labute approximate surface area is 135 Å². The fourth-order valence-corrected chi connectivity index (χ4v) is 2.66. The molecule has 3 rings (SSSR count). The summed E-state index contributed by atoms with van der Waals surface area (Å²) in [6.45, 7) is 2.34. The molecule has 0 fully saturated rings. The van der Waals surface area contributed by atoms with E-state index in [0.717, 1.165) is 22.1 Å². The van der Waals surface area contributed by atoms with Crippen molar-refractivity contribution in [3.05, 3.63) is 65.6 Å². The van der Waals surface area contributed by atoms with Gasteiger partial charge in [0.15, 0.2) is 0 Å². The summed E-state index contributed by atoms with van der Waals surface area (Å²) in [5.74, 6) is 1.45. The van der Waals surface area contributed by atoms with Crippen molar-refractivity contribution in [3.63, 3.8) is 0 Å². The highest BCUT2D eigenvalue weighted by molar-refractivity contribution is 5.95. The van der Waals surface area contributed by atoms with Crippen LogP contribution in [0.4, 0.5) is 0 Å². The van der Waals surface area contributed by atoms with Crippen molar-refractivity contribution in [1.29, 1.82) is 0 Å². The summed E-state index contributed by atoms with van der Waals surface area (Å²) in [5, 5.41) is 2.25. The fraction of sp³-hybridized carbons (Fsp3) is 0.211. The Morgan fingerprint density at radius 2 is 1.87 bits per heavy atom. The summed E-state index contributed by atoms with van der Waals surface area (Å²) in [4.78, 5) is 14.1. The molecule has 4 nitrogen and oxygen atoms in total. The molecule has 0 aliphatic carbocycles. The summed E-state index contributed by atoms with van der Waals surface area (Å²) in [6, 6.07) is 13.9. The highest BCUT2D eigenvalue weighted by Crippen LogP contribution is 2.22. The van der Waals surface area contributed by atoms with E-state index < -0.39 is 0 Å². The Balaban J connectivity index is 1.81. The van der Waals surface area contributed by atoms with Crippen LogP contribution in [0.25, 0.3) is 10.8 Å². The van der Waals surface area contributed by atoms with Gasteiger partial charge in [-0.15, -0.1) is 0 Å². The van der Waals surface area contributed by atoms with E-state index in [9.17, 15) is 4.79 Å². The minimum Gasteiger partial charge on any atom is -0.497 e. The second-order valence-electron chi connectivity index (χ2n) is 5.60. The van der Waals surface area contributed by atoms with Crippen LogP contribution in [-0.2, 0) is 6.54 Å². The zero-order valence-electron chi connectivity index (χ0n) is 13.5. The van der Waals surface area contributed by atoms with Crippen molar-refractivity contribution in [2.24, 2.45) is 0 Å². The van der Waals surface area contributed by atoms with E-state index >= 15 is 0 Å². The average Bonchev–Trinajstić information content (AvgIpc) is 2.99. The molecule has 1 amide bonds. The fourth-order valence-electron chi connectivity index (χ4n) is 2.66. The molecule has 0 saturated heterocycles. The van der Waals surface area contributed by atoms with E-state index in [-0.39, 0.29) is 5.91 Å². The average molecular weight is 309 g/mol. The lowest BCUT2D eigenvalue weighted by atomic mass is 10.1. The van der Waals surface area contributed by atoms with Crippen LogP contribution in [0.3, 0.4) is 0 Å². The summed E-state index contributed by atoms with van der Waals surface area (Å²) < 4.78 is 10.4. The number of carbonyl (C=O) groups excluding carboxylic acids is 1. The Kier molecular flexibility index (Phi) is 4.06. The number of methoxy groups -OCH3 is 1. The quantitative estimate of drug-likeness (QED) is 0.731. The van der Waals surface area contributed by atoms with Gasteiger partial charge in [0.1, 0.15) is 11.5 Å². The number of fused-ring (bicyclic) bond motifs is 1. The molecule has 0 unspecified atom stereocenters. The van der Waals surface area contributed by atoms with Gasteiger partial charge in [0.2, 0.25) is 0 Å². The van der Waals surface area contributed by atoms with Crippen LogP contribution in [0.15, 0.2) is 53.1 Å². The normalized spacial score (nSPS) is 10.7. The molecule has 0 atom stereocenters. The van der Waals surface area contributed by atoms with Crippen LogP contribution in [0.2, 0.25) is 0 Å². The molecular formula is C19H19NO3. The minimum atomic E-state index is -0.0360. The van der Waals surface area contributed by atoms with Gasteiger partial charge in [-0.2, -0.15) is 0 Å². The first-order valence-corrected chi connectivity index (χ1v) is 7.45. The standard InChI is InChI=1S/C19H19NO3/c1-13-18(8-9-23-13)19(21)20(2)12-14-4-5-16-11-17(22-3)7-6-15(16)10-14/h4-11H,12H2,1-3H3. The van der Waals surface area contributed by atoms with E-state index in [4.69, 9.17) is 9.15 Å². The zero-order chi connectivity index (χ0) is 16.4. The molecule has 0 bridgehead atoms. The van der Waals surface area contributed by atoms with Crippen LogP contribution in [0.5, 0.6) is 5.75 Å². The Bertz CT molecular complexity index is 851. The first-order chi connectivity index (χ1) is 11.1. The monoisotopic (exact) mass is 309 g/mol. The number of hydrogen-bond acceptors (Lipinski definition) is 3. The molecule has 1 aromatic heterocycles. The third kappa shape index (κ3) is 3.06. The number of carbonyl (C=O) groups is 1. The van der Waals surface area contributed by atoms with E-state index in [1.807, 2.05) is 24.3 Å². The number of nitrogens with zero attached hydrogens (tertiary/aromatic N) is 1. The van der Waals surface area contributed by atoms with Crippen molar-refractivity contribution in [2.45, 2.75) is 13.5 Å². The van der Waals surface area contributed by atoms with E-state index in [2.05, 4.69) is 12.1 Å². The first-order valence-electron chi connectivity index (χ1n) is 7.45. The lowest BCUT2D eigenvalue weighted by Gasteiger charge is -2.17. The maximum atomic E-state index is 12.4. The Hall–Kier alpha value is -2.75. The summed E-state index contributed by atoms with van der Waals surface area (Å²) >= 11 is 0. The number of furan rings is 1. The Morgan fingerprint density at radius 1 is 1.13 bits per heavy atom. The van der Waals surface area contributed by atoms with Crippen LogP contribution in [0.1, 0.15) is 21.7 Å². The number of benzene rings is 2. The lowest BCUT2D eigenvalue weighted by molar-refractivity contribution is 0.0783. The molecule has 2 aromatic carbocycles. The maximum Gasteiger partial charge on any atom is 0.257 e. The highest BCUT2D eigenvalue weighted by atomic mass is 16.5. The summed E-state index contributed by atoms with van der Waals surface area (Å²) in [5.41, 5.74) is 1.69. The second kappa shape index (κ2) is 6.16. The van der Waals surface area contributed by atoms with Crippen LogP contribution >= 0.6 is 0 Å². The largest absolute Gasteiger partial charge is 0.497 e. The number of hydrogen-bond donors (Lipinski definition) is 0. The van der Waals surface area contributed by atoms with E-state index in [1.165, 1.54) is 0 Å². The number of amides is 1.